The minimum absolute atomic E-state index is 0.401. The van der Waals surface area contributed by atoms with Gasteiger partial charge in [0.2, 0.25) is 0 Å². The van der Waals surface area contributed by atoms with Crippen molar-refractivity contribution >= 4 is 23.2 Å². The molecule has 1 nitrogen and oxygen atoms in total. The lowest BCUT2D eigenvalue weighted by Gasteiger charge is -2.07. The fourth-order valence-electron chi connectivity index (χ4n) is 0.832. The molecule has 1 rings (SSSR count). The van der Waals surface area contributed by atoms with Crippen LogP contribution in [0.5, 0.6) is 0 Å². The summed E-state index contributed by atoms with van der Waals surface area (Å²) in [4.78, 5) is 0. The van der Waals surface area contributed by atoms with Gasteiger partial charge in [-0.15, -0.1) is 0 Å². The molecule has 1 atom stereocenters. The fraction of sp³-hybridized carbons (Fsp3) is 0.250. The van der Waals surface area contributed by atoms with Crippen LogP contribution in [0.2, 0.25) is 10.0 Å². The van der Waals surface area contributed by atoms with Crippen LogP contribution in [-0.4, -0.2) is 6.67 Å². The number of nitrogens with two attached hydrogens (primary N) is 1. The summed E-state index contributed by atoms with van der Waals surface area (Å²) in [5.74, 6) is 0. The van der Waals surface area contributed by atoms with Gasteiger partial charge in [-0.25, -0.2) is 4.39 Å². The Morgan fingerprint density at radius 1 is 1.33 bits per heavy atom. The van der Waals surface area contributed by atoms with Crippen LogP contribution in [0, 0.1) is 0 Å². The molecule has 0 radical (unpaired) electrons. The highest BCUT2D eigenvalue weighted by Gasteiger charge is 2.06. The van der Waals surface area contributed by atoms with Crippen molar-refractivity contribution in [3.05, 3.63) is 33.8 Å². The maximum Gasteiger partial charge on any atom is 0.109 e. The zero-order valence-electron chi connectivity index (χ0n) is 6.23. The second kappa shape index (κ2) is 4.08. The van der Waals surface area contributed by atoms with Crippen molar-refractivity contribution in [2.24, 2.45) is 5.73 Å². The average Bonchev–Trinajstić information content (AvgIpc) is 2.08. The van der Waals surface area contributed by atoms with Gasteiger partial charge in [0.05, 0.1) is 16.1 Å². The Morgan fingerprint density at radius 2 is 2.00 bits per heavy atom. The summed E-state index contributed by atoms with van der Waals surface area (Å²) >= 11 is 11.4. The fourth-order valence-corrected chi connectivity index (χ4v) is 1.14. The predicted molar refractivity (Wildman–Crippen MR) is 49.4 cm³/mol. The summed E-state index contributed by atoms with van der Waals surface area (Å²) < 4.78 is 12.1. The van der Waals surface area contributed by atoms with Crippen LogP contribution in [0.1, 0.15) is 11.6 Å². The first-order valence-corrected chi connectivity index (χ1v) is 4.17. The van der Waals surface area contributed by atoms with E-state index in [1.54, 1.807) is 18.2 Å². The zero-order chi connectivity index (χ0) is 9.14. The third kappa shape index (κ3) is 2.09. The Morgan fingerprint density at radius 3 is 2.50 bits per heavy atom. The topological polar surface area (TPSA) is 26.0 Å². The molecule has 12 heavy (non-hydrogen) atoms. The lowest BCUT2D eigenvalue weighted by atomic mass is 10.1. The predicted octanol–water partition coefficient (Wildman–Crippen LogP) is 2.96. The van der Waals surface area contributed by atoms with Crippen LogP contribution in [-0.2, 0) is 0 Å². The number of benzene rings is 1. The lowest BCUT2D eigenvalue weighted by Crippen LogP contribution is -2.11. The summed E-state index contributed by atoms with van der Waals surface area (Å²) in [5.41, 5.74) is 6.10. The van der Waals surface area contributed by atoms with Crippen molar-refractivity contribution in [3.8, 4) is 0 Å². The molecular weight excluding hydrogens is 200 g/mol. The van der Waals surface area contributed by atoms with Gasteiger partial charge in [-0.1, -0.05) is 29.3 Å². The van der Waals surface area contributed by atoms with Crippen molar-refractivity contribution in [1.29, 1.82) is 0 Å². The molecule has 1 aromatic carbocycles. The first kappa shape index (κ1) is 9.78. The van der Waals surface area contributed by atoms with Crippen LogP contribution < -0.4 is 5.73 Å². The van der Waals surface area contributed by atoms with E-state index in [2.05, 4.69) is 0 Å². The first-order valence-electron chi connectivity index (χ1n) is 3.41. The average molecular weight is 208 g/mol. The molecule has 0 aliphatic carbocycles. The van der Waals surface area contributed by atoms with Crippen LogP contribution in [0.15, 0.2) is 18.2 Å². The molecular formula is C8H8Cl2FN. The van der Waals surface area contributed by atoms with Gasteiger partial charge >= 0.3 is 0 Å². The van der Waals surface area contributed by atoms with Crippen molar-refractivity contribution in [2.75, 3.05) is 6.67 Å². The van der Waals surface area contributed by atoms with E-state index in [-0.39, 0.29) is 0 Å². The summed E-state index contributed by atoms with van der Waals surface area (Å²) in [5, 5.41) is 0.851. The monoisotopic (exact) mass is 207 g/mol. The Kier molecular flexibility index (Phi) is 3.32. The maximum atomic E-state index is 12.1. The summed E-state index contributed by atoms with van der Waals surface area (Å²) in [7, 11) is 0. The van der Waals surface area contributed by atoms with Gasteiger partial charge < -0.3 is 5.73 Å². The molecule has 0 heterocycles. The van der Waals surface area contributed by atoms with Gasteiger partial charge in [0.15, 0.2) is 0 Å². The first-order chi connectivity index (χ1) is 5.65. The highest BCUT2D eigenvalue weighted by atomic mass is 35.5. The molecule has 0 aliphatic rings. The molecule has 1 unspecified atom stereocenters. The molecule has 0 bridgehead atoms. The number of hydrogen-bond acceptors (Lipinski definition) is 1. The minimum atomic E-state index is -0.611. The summed E-state index contributed by atoms with van der Waals surface area (Å²) in [6.45, 7) is -0.599. The quantitative estimate of drug-likeness (QED) is 0.794. The van der Waals surface area contributed by atoms with Gasteiger partial charge in [-0.3, -0.25) is 0 Å². The van der Waals surface area contributed by atoms with Crippen molar-refractivity contribution in [1.82, 2.24) is 0 Å². The molecule has 0 aromatic heterocycles. The molecule has 0 aliphatic heterocycles. The largest absolute Gasteiger partial charge is 0.322 e. The molecule has 0 saturated carbocycles. The third-order valence-electron chi connectivity index (χ3n) is 1.54. The Hall–Kier alpha value is -0.310. The highest BCUT2D eigenvalue weighted by Crippen LogP contribution is 2.24. The van der Waals surface area contributed by atoms with Gasteiger partial charge in [-0.2, -0.15) is 0 Å². The summed E-state index contributed by atoms with van der Waals surface area (Å²) in [6, 6.07) is 4.24. The second-order valence-corrected chi connectivity index (χ2v) is 3.25. The number of alkyl halides is 1. The molecule has 1 aromatic rings. The van der Waals surface area contributed by atoms with Crippen molar-refractivity contribution in [3.63, 3.8) is 0 Å². The van der Waals surface area contributed by atoms with E-state index in [0.717, 1.165) is 0 Å². The van der Waals surface area contributed by atoms with Crippen LogP contribution in [0.4, 0.5) is 4.39 Å². The molecule has 0 fully saturated rings. The summed E-state index contributed by atoms with van der Waals surface area (Å²) in [6.07, 6.45) is 0. The molecule has 0 spiro atoms. The van der Waals surface area contributed by atoms with Crippen molar-refractivity contribution < 1.29 is 4.39 Å². The van der Waals surface area contributed by atoms with E-state index in [1.807, 2.05) is 0 Å². The minimum Gasteiger partial charge on any atom is -0.322 e. The van der Waals surface area contributed by atoms with Gasteiger partial charge in [0.1, 0.15) is 6.67 Å². The van der Waals surface area contributed by atoms with Gasteiger partial charge in [0, 0.05) is 0 Å². The smallest absolute Gasteiger partial charge is 0.109 e. The highest BCUT2D eigenvalue weighted by molar-refractivity contribution is 6.42. The SMILES string of the molecule is NC(CF)c1ccc(Cl)c(Cl)c1. The van der Waals surface area contributed by atoms with Crippen LogP contribution >= 0.6 is 23.2 Å². The van der Waals surface area contributed by atoms with Gasteiger partial charge in [-0.05, 0) is 17.7 Å². The number of hydrogen-bond donors (Lipinski definition) is 1. The van der Waals surface area contributed by atoms with Crippen LogP contribution in [0.3, 0.4) is 0 Å². The Balaban J connectivity index is 2.96. The second-order valence-electron chi connectivity index (χ2n) is 2.43. The lowest BCUT2D eigenvalue weighted by molar-refractivity contribution is 0.437. The van der Waals surface area contributed by atoms with E-state index < -0.39 is 12.7 Å². The molecule has 4 heteroatoms. The van der Waals surface area contributed by atoms with Crippen molar-refractivity contribution in [2.45, 2.75) is 6.04 Å². The van der Waals surface area contributed by atoms with E-state index in [9.17, 15) is 4.39 Å². The standard InChI is InChI=1S/C8H8Cl2FN/c9-6-2-1-5(3-7(6)10)8(12)4-11/h1-3,8H,4,12H2. The number of halogens is 3. The molecule has 0 saturated heterocycles. The van der Waals surface area contributed by atoms with E-state index in [4.69, 9.17) is 28.9 Å². The normalized spacial score (nSPS) is 13.0. The Bertz CT molecular complexity index is 278. The number of rotatable bonds is 2. The zero-order valence-corrected chi connectivity index (χ0v) is 7.74. The van der Waals surface area contributed by atoms with E-state index >= 15 is 0 Å². The van der Waals surface area contributed by atoms with Gasteiger partial charge in [0.25, 0.3) is 0 Å². The molecule has 2 N–H and O–H groups in total. The Labute approximate surface area is 80.3 Å². The third-order valence-corrected chi connectivity index (χ3v) is 2.28. The van der Waals surface area contributed by atoms with E-state index in [1.165, 1.54) is 0 Å². The molecule has 66 valence electrons. The van der Waals surface area contributed by atoms with Crippen LogP contribution in [0.25, 0.3) is 0 Å². The molecule has 0 amide bonds. The van der Waals surface area contributed by atoms with E-state index in [0.29, 0.717) is 15.6 Å². The maximum absolute atomic E-state index is 12.1.